The monoisotopic (exact) mass is 306 g/mol. The van der Waals surface area contributed by atoms with Gasteiger partial charge in [0.15, 0.2) is 11.6 Å². The van der Waals surface area contributed by atoms with Gasteiger partial charge in [0.2, 0.25) is 5.91 Å². The SMILES string of the molecule is Cc1cnn(C(C)c2nc(CC(N)=O)nn2CC(C)(C)O)c1. The van der Waals surface area contributed by atoms with Gasteiger partial charge in [-0.1, -0.05) is 0 Å². The second-order valence-electron chi connectivity index (χ2n) is 6.17. The summed E-state index contributed by atoms with van der Waals surface area (Å²) in [6.07, 6.45) is 3.63. The Morgan fingerprint density at radius 3 is 2.68 bits per heavy atom. The van der Waals surface area contributed by atoms with E-state index < -0.39 is 11.5 Å². The van der Waals surface area contributed by atoms with Crippen molar-refractivity contribution in [3.63, 3.8) is 0 Å². The zero-order valence-corrected chi connectivity index (χ0v) is 13.3. The Morgan fingerprint density at radius 1 is 1.50 bits per heavy atom. The first-order chi connectivity index (χ1) is 10.2. The van der Waals surface area contributed by atoms with E-state index in [0.717, 1.165) is 5.56 Å². The van der Waals surface area contributed by atoms with Gasteiger partial charge in [0.1, 0.15) is 6.04 Å². The molecule has 1 unspecified atom stereocenters. The van der Waals surface area contributed by atoms with E-state index in [-0.39, 0.29) is 19.0 Å². The lowest BCUT2D eigenvalue weighted by atomic mass is 10.1. The molecule has 2 aromatic rings. The molecule has 0 saturated carbocycles. The molecule has 1 amide bonds. The molecule has 0 aliphatic heterocycles. The second-order valence-corrected chi connectivity index (χ2v) is 6.17. The molecule has 0 radical (unpaired) electrons. The van der Waals surface area contributed by atoms with Gasteiger partial charge in [0, 0.05) is 6.20 Å². The maximum atomic E-state index is 11.1. The number of aliphatic hydroxyl groups is 1. The van der Waals surface area contributed by atoms with Crippen LogP contribution in [0.25, 0.3) is 0 Å². The summed E-state index contributed by atoms with van der Waals surface area (Å²) in [5.74, 6) is 0.485. The van der Waals surface area contributed by atoms with Crippen molar-refractivity contribution < 1.29 is 9.90 Å². The molecule has 0 spiro atoms. The third-order valence-corrected chi connectivity index (χ3v) is 3.11. The number of aryl methyl sites for hydroxylation is 1. The number of hydrogen-bond acceptors (Lipinski definition) is 5. The standard InChI is InChI=1S/C14H22N6O2/c1-9-6-16-19(7-9)10(2)13-17-12(5-11(15)21)18-20(13)8-14(3,4)22/h6-7,10,22H,5,8H2,1-4H3,(H2,15,21). The van der Waals surface area contributed by atoms with E-state index in [1.165, 1.54) is 0 Å². The molecule has 8 heteroatoms. The van der Waals surface area contributed by atoms with Gasteiger partial charge in [-0.25, -0.2) is 9.67 Å². The molecule has 1 atom stereocenters. The van der Waals surface area contributed by atoms with Crippen molar-refractivity contribution in [3.05, 3.63) is 29.6 Å². The predicted octanol–water partition coefficient (Wildman–Crippen LogP) is 0.191. The average molecular weight is 306 g/mol. The van der Waals surface area contributed by atoms with Crippen molar-refractivity contribution in [2.75, 3.05) is 0 Å². The fourth-order valence-electron chi connectivity index (χ4n) is 2.19. The summed E-state index contributed by atoms with van der Waals surface area (Å²) in [5.41, 5.74) is 5.29. The van der Waals surface area contributed by atoms with Crippen LogP contribution in [0.5, 0.6) is 0 Å². The average Bonchev–Trinajstić information content (AvgIpc) is 2.92. The lowest BCUT2D eigenvalue weighted by Crippen LogP contribution is -2.29. The zero-order valence-electron chi connectivity index (χ0n) is 13.3. The highest BCUT2D eigenvalue weighted by Gasteiger charge is 2.23. The van der Waals surface area contributed by atoms with Crippen LogP contribution in [0, 0.1) is 6.92 Å². The first-order valence-corrected chi connectivity index (χ1v) is 7.11. The summed E-state index contributed by atoms with van der Waals surface area (Å²) in [6, 6.07) is -0.176. The minimum absolute atomic E-state index is 0.0310. The molecule has 8 nitrogen and oxygen atoms in total. The lowest BCUT2D eigenvalue weighted by Gasteiger charge is -2.20. The van der Waals surface area contributed by atoms with E-state index in [0.29, 0.717) is 11.6 Å². The molecule has 2 aromatic heterocycles. The molecule has 3 N–H and O–H groups in total. The largest absolute Gasteiger partial charge is 0.389 e. The van der Waals surface area contributed by atoms with Crippen LogP contribution in [0.3, 0.4) is 0 Å². The fourth-order valence-corrected chi connectivity index (χ4v) is 2.19. The first kappa shape index (κ1) is 16.2. The summed E-state index contributed by atoms with van der Waals surface area (Å²) in [4.78, 5) is 15.5. The van der Waals surface area contributed by atoms with E-state index in [1.807, 2.05) is 20.0 Å². The lowest BCUT2D eigenvalue weighted by molar-refractivity contribution is -0.117. The van der Waals surface area contributed by atoms with Gasteiger partial charge in [-0.05, 0) is 33.3 Å². The Hall–Kier alpha value is -2.22. The van der Waals surface area contributed by atoms with Crippen LogP contribution in [0.2, 0.25) is 0 Å². The minimum atomic E-state index is -0.952. The number of primary amides is 1. The van der Waals surface area contributed by atoms with Crippen molar-refractivity contribution >= 4 is 5.91 Å². The number of rotatable bonds is 6. The number of aromatic nitrogens is 5. The molecule has 2 heterocycles. The van der Waals surface area contributed by atoms with Crippen molar-refractivity contribution in [3.8, 4) is 0 Å². The fraction of sp³-hybridized carbons (Fsp3) is 0.571. The van der Waals surface area contributed by atoms with Crippen LogP contribution in [-0.4, -0.2) is 41.2 Å². The molecule has 2 rings (SSSR count). The molecule has 120 valence electrons. The number of nitrogens with zero attached hydrogens (tertiary/aromatic N) is 5. The molecule has 0 saturated heterocycles. The highest BCUT2D eigenvalue weighted by atomic mass is 16.3. The van der Waals surface area contributed by atoms with Crippen molar-refractivity contribution in [2.45, 2.75) is 52.3 Å². The molecular formula is C14H22N6O2. The minimum Gasteiger partial charge on any atom is -0.389 e. The maximum absolute atomic E-state index is 11.1. The second kappa shape index (κ2) is 5.88. The molecule has 0 aliphatic carbocycles. The summed E-state index contributed by atoms with van der Waals surface area (Å²) >= 11 is 0. The van der Waals surface area contributed by atoms with Crippen molar-refractivity contribution in [1.29, 1.82) is 0 Å². The number of hydrogen-bond donors (Lipinski definition) is 2. The Balaban J connectivity index is 2.38. The van der Waals surface area contributed by atoms with Crippen LogP contribution in [0.1, 0.15) is 44.0 Å². The van der Waals surface area contributed by atoms with E-state index >= 15 is 0 Å². The van der Waals surface area contributed by atoms with Crippen LogP contribution >= 0.6 is 0 Å². The van der Waals surface area contributed by atoms with Gasteiger partial charge >= 0.3 is 0 Å². The molecule has 0 aromatic carbocycles. The molecule has 0 bridgehead atoms. The van der Waals surface area contributed by atoms with E-state index in [1.54, 1.807) is 29.4 Å². The Kier molecular flexibility index (Phi) is 4.32. The Bertz CT molecular complexity index is 667. The first-order valence-electron chi connectivity index (χ1n) is 7.11. The van der Waals surface area contributed by atoms with Crippen LogP contribution in [0.4, 0.5) is 0 Å². The Morgan fingerprint density at radius 2 is 2.18 bits per heavy atom. The summed E-state index contributed by atoms with van der Waals surface area (Å²) in [6.45, 7) is 7.53. The van der Waals surface area contributed by atoms with Crippen molar-refractivity contribution in [1.82, 2.24) is 24.5 Å². The molecule has 22 heavy (non-hydrogen) atoms. The summed E-state index contributed by atoms with van der Waals surface area (Å²) < 4.78 is 3.38. The van der Waals surface area contributed by atoms with Gasteiger partial charge in [-0.2, -0.15) is 10.2 Å². The van der Waals surface area contributed by atoms with Crippen LogP contribution in [0.15, 0.2) is 12.4 Å². The van der Waals surface area contributed by atoms with Gasteiger partial charge in [0.25, 0.3) is 0 Å². The predicted molar refractivity (Wildman–Crippen MR) is 80.0 cm³/mol. The number of carbonyl (C=O) groups is 1. The maximum Gasteiger partial charge on any atom is 0.225 e. The smallest absolute Gasteiger partial charge is 0.225 e. The summed E-state index contributed by atoms with van der Waals surface area (Å²) in [7, 11) is 0. The normalized spacial score (nSPS) is 13.3. The quantitative estimate of drug-likeness (QED) is 0.791. The van der Waals surface area contributed by atoms with Gasteiger partial charge in [-0.15, -0.1) is 0 Å². The van der Waals surface area contributed by atoms with Gasteiger partial charge < -0.3 is 10.8 Å². The zero-order chi connectivity index (χ0) is 16.5. The van der Waals surface area contributed by atoms with E-state index in [9.17, 15) is 9.90 Å². The Labute approximate surface area is 129 Å². The highest BCUT2D eigenvalue weighted by molar-refractivity contribution is 5.75. The topological polar surface area (TPSA) is 112 Å². The van der Waals surface area contributed by atoms with Crippen LogP contribution < -0.4 is 5.73 Å². The van der Waals surface area contributed by atoms with Gasteiger partial charge in [-0.3, -0.25) is 9.48 Å². The highest BCUT2D eigenvalue weighted by Crippen LogP contribution is 2.18. The summed E-state index contributed by atoms with van der Waals surface area (Å²) in [5, 5.41) is 18.6. The third-order valence-electron chi connectivity index (χ3n) is 3.11. The number of nitrogens with two attached hydrogens (primary N) is 1. The third kappa shape index (κ3) is 3.91. The van der Waals surface area contributed by atoms with E-state index in [2.05, 4.69) is 15.2 Å². The van der Waals surface area contributed by atoms with Gasteiger partial charge in [0.05, 0.1) is 24.8 Å². The molecular weight excluding hydrogens is 284 g/mol. The number of amides is 1. The van der Waals surface area contributed by atoms with E-state index in [4.69, 9.17) is 5.73 Å². The number of carbonyl (C=O) groups excluding carboxylic acids is 1. The van der Waals surface area contributed by atoms with Crippen molar-refractivity contribution in [2.24, 2.45) is 5.73 Å². The molecule has 0 fully saturated rings. The molecule has 0 aliphatic rings. The van der Waals surface area contributed by atoms with Crippen LogP contribution in [-0.2, 0) is 17.8 Å².